The summed E-state index contributed by atoms with van der Waals surface area (Å²) < 4.78 is 0. The summed E-state index contributed by atoms with van der Waals surface area (Å²) >= 11 is 0. The van der Waals surface area contributed by atoms with Gasteiger partial charge in [0.25, 0.3) is 0 Å². The number of hydrogen-bond acceptors (Lipinski definition) is 2. The zero-order valence-corrected chi connectivity index (χ0v) is 13.4. The van der Waals surface area contributed by atoms with E-state index in [1.54, 1.807) is 0 Å². The number of benzene rings is 1. The van der Waals surface area contributed by atoms with Gasteiger partial charge in [0.1, 0.15) is 6.04 Å². The molecular formula is C19H24N2O2. The minimum absolute atomic E-state index is 0.0143. The Balaban J connectivity index is 1.54. The van der Waals surface area contributed by atoms with Gasteiger partial charge in [-0.1, -0.05) is 31.0 Å². The first-order valence-electron chi connectivity index (χ1n) is 8.92. The number of nitrogens with zero attached hydrogens (tertiary/aromatic N) is 1. The van der Waals surface area contributed by atoms with Crippen LogP contribution >= 0.6 is 0 Å². The lowest BCUT2D eigenvalue weighted by molar-refractivity contribution is -0.140. The quantitative estimate of drug-likeness (QED) is 0.932. The maximum absolute atomic E-state index is 12.8. The molecule has 0 bridgehead atoms. The standard InChI is InChI=1S/C19H24N2O2/c22-18(20-15-7-2-1-3-8-15)17-12-14-6-4-5-9-16(14)21(17)19(23)13-10-11-13/h1-3,7-8,13-14,16-17H,4-6,9-12H2,(H,20,22)/t14-,16+,17+/m1/s1. The first-order chi connectivity index (χ1) is 11.2. The zero-order valence-electron chi connectivity index (χ0n) is 13.4. The van der Waals surface area contributed by atoms with Crippen LogP contribution in [-0.4, -0.2) is 28.8 Å². The first-order valence-corrected chi connectivity index (χ1v) is 8.92. The number of carbonyl (C=O) groups is 2. The number of carbonyl (C=O) groups excluding carboxylic acids is 2. The van der Waals surface area contributed by atoms with E-state index in [0.717, 1.165) is 37.8 Å². The molecule has 0 unspecified atom stereocenters. The fraction of sp³-hybridized carbons (Fsp3) is 0.579. The second kappa shape index (κ2) is 5.99. The van der Waals surface area contributed by atoms with Gasteiger partial charge in [0.2, 0.25) is 11.8 Å². The molecule has 3 fully saturated rings. The predicted octanol–water partition coefficient (Wildman–Crippen LogP) is 3.19. The summed E-state index contributed by atoms with van der Waals surface area (Å²) in [6, 6.07) is 9.57. The highest BCUT2D eigenvalue weighted by molar-refractivity contribution is 5.98. The lowest BCUT2D eigenvalue weighted by atomic mass is 9.84. The van der Waals surface area contributed by atoms with Crippen LogP contribution in [0.2, 0.25) is 0 Å². The number of hydrogen-bond donors (Lipinski definition) is 1. The maximum atomic E-state index is 12.8. The molecule has 1 aromatic carbocycles. The minimum Gasteiger partial charge on any atom is -0.327 e. The Morgan fingerprint density at radius 2 is 1.74 bits per heavy atom. The van der Waals surface area contributed by atoms with Crippen LogP contribution in [-0.2, 0) is 9.59 Å². The smallest absolute Gasteiger partial charge is 0.247 e. The van der Waals surface area contributed by atoms with Crippen molar-refractivity contribution in [2.45, 2.75) is 57.0 Å². The average Bonchev–Trinajstić information content (AvgIpc) is 3.35. The molecule has 0 spiro atoms. The summed E-state index contributed by atoms with van der Waals surface area (Å²) in [7, 11) is 0. The van der Waals surface area contributed by atoms with Crippen molar-refractivity contribution >= 4 is 17.5 Å². The number of amides is 2. The molecule has 2 saturated carbocycles. The molecule has 1 saturated heterocycles. The van der Waals surface area contributed by atoms with E-state index >= 15 is 0 Å². The summed E-state index contributed by atoms with van der Waals surface area (Å²) in [6.07, 6.45) is 7.48. The Bertz CT molecular complexity index is 597. The molecule has 0 radical (unpaired) electrons. The lowest BCUT2D eigenvalue weighted by Gasteiger charge is -2.33. The fourth-order valence-corrected chi connectivity index (χ4v) is 4.30. The maximum Gasteiger partial charge on any atom is 0.247 e. The largest absolute Gasteiger partial charge is 0.327 e. The van der Waals surface area contributed by atoms with Crippen LogP contribution in [0.5, 0.6) is 0 Å². The second-order valence-electron chi connectivity index (χ2n) is 7.24. The van der Waals surface area contributed by atoms with Gasteiger partial charge in [-0.2, -0.15) is 0 Å². The zero-order chi connectivity index (χ0) is 15.8. The number of fused-ring (bicyclic) bond motifs is 1. The van der Waals surface area contributed by atoms with Crippen LogP contribution in [0.4, 0.5) is 5.69 Å². The molecule has 2 aliphatic carbocycles. The van der Waals surface area contributed by atoms with Gasteiger partial charge in [-0.05, 0) is 50.2 Å². The van der Waals surface area contributed by atoms with Crippen molar-refractivity contribution in [3.05, 3.63) is 30.3 Å². The monoisotopic (exact) mass is 312 g/mol. The van der Waals surface area contributed by atoms with Crippen molar-refractivity contribution in [1.29, 1.82) is 0 Å². The van der Waals surface area contributed by atoms with Crippen molar-refractivity contribution in [3.63, 3.8) is 0 Å². The number of rotatable bonds is 3. The molecule has 4 rings (SSSR count). The lowest BCUT2D eigenvalue weighted by Crippen LogP contribution is -2.48. The van der Waals surface area contributed by atoms with Crippen LogP contribution in [0.1, 0.15) is 44.9 Å². The number of para-hydroxylation sites is 1. The minimum atomic E-state index is -0.281. The Hall–Kier alpha value is -1.84. The van der Waals surface area contributed by atoms with E-state index in [-0.39, 0.29) is 23.8 Å². The molecule has 1 aromatic rings. The Morgan fingerprint density at radius 3 is 2.48 bits per heavy atom. The van der Waals surface area contributed by atoms with Crippen LogP contribution in [0.15, 0.2) is 30.3 Å². The molecule has 1 heterocycles. The molecule has 3 atom stereocenters. The fourth-order valence-electron chi connectivity index (χ4n) is 4.30. The third-order valence-electron chi connectivity index (χ3n) is 5.61. The van der Waals surface area contributed by atoms with Gasteiger partial charge in [0, 0.05) is 17.6 Å². The molecule has 4 nitrogen and oxygen atoms in total. The summed E-state index contributed by atoms with van der Waals surface area (Å²) in [5, 5.41) is 3.00. The summed E-state index contributed by atoms with van der Waals surface area (Å²) in [5.41, 5.74) is 0.811. The Labute approximate surface area is 137 Å². The molecule has 0 aromatic heterocycles. The third kappa shape index (κ3) is 2.87. The van der Waals surface area contributed by atoms with Gasteiger partial charge in [0.05, 0.1) is 0 Å². The van der Waals surface area contributed by atoms with E-state index in [4.69, 9.17) is 0 Å². The number of likely N-dealkylation sites (tertiary alicyclic amines) is 1. The molecule has 23 heavy (non-hydrogen) atoms. The summed E-state index contributed by atoms with van der Waals surface area (Å²) in [6.45, 7) is 0. The van der Waals surface area contributed by atoms with Crippen molar-refractivity contribution in [3.8, 4) is 0 Å². The van der Waals surface area contributed by atoms with Crippen molar-refractivity contribution in [2.75, 3.05) is 5.32 Å². The highest BCUT2D eigenvalue weighted by Crippen LogP contribution is 2.43. The SMILES string of the molecule is O=C(Nc1ccccc1)[C@@H]1C[C@H]2CCCC[C@@H]2N1C(=O)C1CC1. The molecule has 4 heteroatoms. The van der Waals surface area contributed by atoms with Crippen LogP contribution in [0.3, 0.4) is 0 Å². The first kappa shape index (κ1) is 14.7. The molecule has 2 amide bonds. The van der Waals surface area contributed by atoms with Crippen molar-refractivity contribution < 1.29 is 9.59 Å². The van der Waals surface area contributed by atoms with E-state index < -0.39 is 0 Å². The Morgan fingerprint density at radius 1 is 1.00 bits per heavy atom. The number of nitrogens with one attached hydrogen (secondary N) is 1. The second-order valence-corrected chi connectivity index (χ2v) is 7.24. The molecule has 1 N–H and O–H groups in total. The normalized spacial score (nSPS) is 29.9. The van der Waals surface area contributed by atoms with E-state index in [1.165, 1.54) is 12.8 Å². The van der Waals surface area contributed by atoms with Crippen molar-refractivity contribution in [1.82, 2.24) is 4.90 Å². The van der Waals surface area contributed by atoms with Crippen molar-refractivity contribution in [2.24, 2.45) is 11.8 Å². The highest BCUT2D eigenvalue weighted by atomic mass is 16.2. The average molecular weight is 312 g/mol. The molecule has 3 aliphatic rings. The van der Waals surface area contributed by atoms with Crippen LogP contribution < -0.4 is 5.32 Å². The number of anilines is 1. The van der Waals surface area contributed by atoms with Gasteiger partial charge < -0.3 is 10.2 Å². The van der Waals surface area contributed by atoms with E-state index in [2.05, 4.69) is 5.32 Å². The van der Waals surface area contributed by atoms with Gasteiger partial charge in [-0.25, -0.2) is 0 Å². The van der Waals surface area contributed by atoms with Crippen LogP contribution in [0, 0.1) is 11.8 Å². The molecular weight excluding hydrogens is 288 g/mol. The summed E-state index contributed by atoms with van der Waals surface area (Å²) in [4.78, 5) is 27.6. The highest BCUT2D eigenvalue weighted by Gasteiger charge is 2.50. The topological polar surface area (TPSA) is 49.4 Å². The van der Waals surface area contributed by atoms with Gasteiger partial charge in [0.15, 0.2) is 0 Å². The molecule has 1 aliphatic heterocycles. The van der Waals surface area contributed by atoms with Gasteiger partial charge in [-0.15, -0.1) is 0 Å². The van der Waals surface area contributed by atoms with Crippen LogP contribution in [0.25, 0.3) is 0 Å². The van der Waals surface area contributed by atoms with E-state index in [0.29, 0.717) is 12.0 Å². The predicted molar refractivity (Wildman–Crippen MR) is 88.8 cm³/mol. The summed E-state index contributed by atoms with van der Waals surface area (Å²) in [5.74, 6) is 0.910. The molecule has 122 valence electrons. The third-order valence-corrected chi connectivity index (χ3v) is 5.61. The van der Waals surface area contributed by atoms with Gasteiger partial charge in [-0.3, -0.25) is 9.59 Å². The van der Waals surface area contributed by atoms with Gasteiger partial charge >= 0.3 is 0 Å². The van der Waals surface area contributed by atoms with E-state index in [9.17, 15) is 9.59 Å². The van der Waals surface area contributed by atoms with E-state index in [1.807, 2.05) is 35.2 Å². The Kier molecular flexibility index (Phi) is 3.83.